The van der Waals surface area contributed by atoms with Crippen molar-refractivity contribution in [1.82, 2.24) is 15.5 Å². The third-order valence-electron chi connectivity index (χ3n) is 3.72. The molecule has 1 aliphatic rings. The van der Waals surface area contributed by atoms with Gasteiger partial charge in [0.1, 0.15) is 0 Å². The third kappa shape index (κ3) is 6.97. The summed E-state index contributed by atoms with van der Waals surface area (Å²) in [4.78, 5) is 13.9. The van der Waals surface area contributed by atoms with Crippen LogP contribution >= 0.6 is 0 Å². The van der Waals surface area contributed by atoms with Gasteiger partial charge in [-0.3, -0.25) is 9.69 Å². The minimum absolute atomic E-state index is 0.181. The number of hydrogen-bond donors (Lipinski definition) is 2. The van der Waals surface area contributed by atoms with Crippen molar-refractivity contribution in [2.24, 2.45) is 5.92 Å². The molecular formula is C14H29N3O. The second kappa shape index (κ2) is 9.34. The SMILES string of the molecule is CCC(C)CCCCNC(=O)CN1CCNCC1. The highest BCUT2D eigenvalue weighted by atomic mass is 16.2. The van der Waals surface area contributed by atoms with Gasteiger partial charge in [0, 0.05) is 32.7 Å². The molecule has 0 radical (unpaired) electrons. The van der Waals surface area contributed by atoms with Gasteiger partial charge < -0.3 is 10.6 Å². The molecule has 18 heavy (non-hydrogen) atoms. The third-order valence-corrected chi connectivity index (χ3v) is 3.72. The number of rotatable bonds is 8. The largest absolute Gasteiger partial charge is 0.355 e. The smallest absolute Gasteiger partial charge is 0.234 e. The van der Waals surface area contributed by atoms with Gasteiger partial charge in [-0.25, -0.2) is 0 Å². The average Bonchev–Trinajstić information content (AvgIpc) is 2.39. The molecule has 1 amide bonds. The first-order valence-electron chi connectivity index (χ1n) is 7.42. The number of piperazine rings is 1. The quantitative estimate of drug-likeness (QED) is 0.641. The van der Waals surface area contributed by atoms with Gasteiger partial charge in [-0.2, -0.15) is 0 Å². The molecule has 0 spiro atoms. The molecule has 4 nitrogen and oxygen atoms in total. The fourth-order valence-electron chi connectivity index (χ4n) is 2.18. The lowest BCUT2D eigenvalue weighted by Gasteiger charge is -2.26. The molecule has 1 atom stereocenters. The predicted molar refractivity (Wildman–Crippen MR) is 75.6 cm³/mol. The lowest BCUT2D eigenvalue weighted by Crippen LogP contribution is -2.47. The Bertz CT molecular complexity index is 227. The highest BCUT2D eigenvalue weighted by molar-refractivity contribution is 5.77. The molecule has 106 valence electrons. The summed E-state index contributed by atoms with van der Waals surface area (Å²) >= 11 is 0. The molecule has 1 aliphatic heterocycles. The monoisotopic (exact) mass is 255 g/mol. The molecule has 0 saturated carbocycles. The van der Waals surface area contributed by atoms with Crippen molar-refractivity contribution in [3.05, 3.63) is 0 Å². The van der Waals surface area contributed by atoms with Crippen molar-refractivity contribution in [3.8, 4) is 0 Å². The normalized spacial score (nSPS) is 18.6. The maximum Gasteiger partial charge on any atom is 0.234 e. The average molecular weight is 255 g/mol. The lowest BCUT2D eigenvalue weighted by atomic mass is 10.0. The lowest BCUT2D eigenvalue weighted by molar-refractivity contribution is -0.122. The molecule has 0 aromatic rings. The van der Waals surface area contributed by atoms with E-state index in [4.69, 9.17) is 0 Å². The Balaban J connectivity index is 1.96. The van der Waals surface area contributed by atoms with Crippen molar-refractivity contribution in [1.29, 1.82) is 0 Å². The Kier molecular flexibility index (Phi) is 8.01. The van der Waals surface area contributed by atoms with Gasteiger partial charge in [0.2, 0.25) is 5.91 Å². The van der Waals surface area contributed by atoms with Crippen molar-refractivity contribution in [3.63, 3.8) is 0 Å². The van der Waals surface area contributed by atoms with Crippen LogP contribution < -0.4 is 10.6 Å². The van der Waals surface area contributed by atoms with Gasteiger partial charge in [0.15, 0.2) is 0 Å². The molecule has 1 rings (SSSR count). The van der Waals surface area contributed by atoms with E-state index in [0.717, 1.165) is 45.1 Å². The molecule has 2 N–H and O–H groups in total. The van der Waals surface area contributed by atoms with Gasteiger partial charge in [0.25, 0.3) is 0 Å². The van der Waals surface area contributed by atoms with Crippen LogP contribution in [0.1, 0.15) is 39.5 Å². The zero-order valence-corrected chi connectivity index (χ0v) is 12.0. The first-order valence-corrected chi connectivity index (χ1v) is 7.42. The molecule has 4 heteroatoms. The van der Waals surface area contributed by atoms with Crippen molar-refractivity contribution >= 4 is 5.91 Å². The number of nitrogens with zero attached hydrogens (tertiary/aromatic N) is 1. The van der Waals surface area contributed by atoms with Crippen LogP contribution in [0.3, 0.4) is 0 Å². The van der Waals surface area contributed by atoms with Gasteiger partial charge in [-0.15, -0.1) is 0 Å². The van der Waals surface area contributed by atoms with E-state index in [-0.39, 0.29) is 5.91 Å². The summed E-state index contributed by atoms with van der Waals surface area (Å²) in [5.41, 5.74) is 0. The van der Waals surface area contributed by atoms with E-state index in [9.17, 15) is 4.79 Å². The van der Waals surface area contributed by atoms with E-state index >= 15 is 0 Å². The predicted octanol–water partition coefficient (Wildman–Crippen LogP) is 1.22. The Morgan fingerprint density at radius 3 is 2.72 bits per heavy atom. The summed E-state index contributed by atoms with van der Waals surface area (Å²) in [5.74, 6) is 1.00. The Labute approximate surface area is 111 Å². The van der Waals surface area contributed by atoms with E-state index in [2.05, 4.69) is 29.4 Å². The fourth-order valence-corrected chi connectivity index (χ4v) is 2.18. The van der Waals surface area contributed by atoms with Crippen LogP contribution in [-0.2, 0) is 4.79 Å². The van der Waals surface area contributed by atoms with Gasteiger partial charge >= 0.3 is 0 Å². The van der Waals surface area contributed by atoms with Crippen molar-refractivity contribution in [2.75, 3.05) is 39.3 Å². The Morgan fingerprint density at radius 1 is 1.33 bits per heavy atom. The van der Waals surface area contributed by atoms with Gasteiger partial charge in [-0.1, -0.05) is 33.1 Å². The van der Waals surface area contributed by atoms with Crippen LogP contribution in [0.2, 0.25) is 0 Å². The fraction of sp³-hybridized carbons (Fsp3) is 0.929. The zero-order valence-electron chi connectivity index (χ0n) is 12.0. The van der Waals surface area contributed by atoms with Crippen LogP contribution in [0.25, 0.3) is 0 Å². The second-order valence-electron chi connectivity index (χ2n) is 5.39. The molecule has 1 fully saturated rings. The minimum atomic E-state index is 0.181. The zero-order chi connectivity index (χ0) is 13.2. The van der Waals surface area contributed by atoms with E-state index in [1.165, 1.54) is 19.3 Å². The number of carbonyl (C=O) groups excluding carboxylic acids is 1. The Morgan fingerprint density at radius 2 is 2.06 bits per heavy atom. The van der Waals surface area contributed by atoms with E-state index in [1.54, 1.807) is 0 Å². The van der Waals surface area contributed by atoms with Crippen molar-refractivity contribution in [2.45, 2.75) is 39.5 Å². The standard InChI is InChI=1S/C14H29N3O/c1-3-13(2)6-4-5-7-16-14(18)12-17-10-8-15-9-11-17/h13,15H,3-12H2,1-2H3,(H,16,18). The molecule has 0 aromatic carbocycles. The van der Waals surface area contributed by atoms with E-state index < -0.39 is 0 Å². The molecule has 0 bridgehead atoms. The molecule has 1 heterocycles. The molecule has 0 aliphatic carbocycles. The minimum Gasteiger partial charge on any atom is -0.355 e. The summed E-state index contributed by atoms with van der Waals surface area (Å²) in [6, 6.07) is 0. The highest BCUT2D eigenvalue weighted by Crippen LogP contribution is 2.10. The van der Waals surface area contributed by atoms with Crippen LogP contribution in [0.4, 0.5) is 0 Å². The van der Waals surface area contributed by atoms with E-state index in [0.29, 0.717) is 6.54 Å². The van der Waals surface area contributed by atoms with Crippen LogP contribution in [0.15, 0.2) is 0 Å². The number of hydrogen-bond acceptors (Lipinski definition) is 3. The van der Waals surface area contributed by atoms with Crippen LogP contribution in [-0.4, -0.2) is 50.1 Å². The summed E-state index contributed by atoms with van der Waals surface area (Å²) in [6.45, 7) is 9.91. The number of carbonyl (C=O) groups is 1. The maximum atomic E-state index is 11.7. The topological polar surface area (TPSA) is 44.4 Å². The van der Waals surface area contributed by atoms with Gasteiger partial charge in [0.05, 0.1) is 6.54 Å². The van der Waals surface area contributed by atoms with Crippen molar-refractivity contribution < 1.29 is 4.79 Å². The number of amides is 1. The molecular weight excluding hydrogens is 226 g/mol. The Hall–Kier alpha value is -0.610. The molecule has 0 aromatic heterocycles. The molecule has 1 saturated heterocycles. The maximum absolute atomic E-state index is 11.7. The second-order valence-corrected chi connectivity index (χ2v) is 5.39. The first kappa shape index (κ1) is 15.4. The van der Waals surface area contributed by atoms with Crippen LogP contribution in [0.5, 0.6) is 0 Å². The summed E-state index contributed by atoms with van der Waals surface area (Å²) in [5, 5.41) is 6.31. The first-order chi connectivity index (χ1) is 8.72. The van der Waals surface area contributed by atoms with Crippen LogP contribution in [0, 0.1) is 5.92 Å². The molecule has 1 unspecified atom stereocenters. The summed E-state index contributed by atoms with van der Waals surface area (Å²) < 4.78 is 0. The van der Waals surface area contributed by atoms with Gasteiger partial charge in [-0.05, 0) is 12.3 Å². The number of unbranched alkanes of at least 4 members (excludes halogenated alkanes) is 1. The summed E-state index contributed by atoms with van der Waals surface area (Å²) in [7, 11) is 0. The van der Waals surface area contributed by atoms with E-state index in [1.807, 2.05) is 0 Å². The highest BCUT2D eigenvalue weighted by Gasteiger charge is 2.12. The number of nitrogens with one attached hydrogen (secondary N) is 2. The summed E-state index contributed by atoms with van der Waals surface area (Å²) in [6.07, 6.45) is 4.88.